The molecule has 0 aliphatic carbocycles. The van der Waals surface area contributed by atoms with Gasteiger partial charge in [-0.05, 0) is 31.2 Å². The zero-order valence-electron chi connectivity index (χ0n) is 11.6. The molecule has 0 radical (unpaired) electrons. The largest absolute Gasteiger partial charge is 0.437 e. The monoisotopic (exact) mass is 365 g/mol. The van der Waals surface area contributed by atoms with Crippen molar-refractivity contribution >= 4 is 38.4 Å². The molecule has 0 aliphatic heterocycles. The van der Waals surface area contributed by atoms with Crippen LogP contribution in [-0.4, -0.2) is 14.8 Å². The van der Waals surface area contributed by atoms with Gasteiger partial charge >= 0.3 is 0 Å². The van der Waals surface area contributed by atoms with E-state index in [-0.39, 0.29) is 0 Å². The van der Waals surface area contributed by atoms with E-state index >= 15 is 0 Å². The predicted molar refractivity (Wildman–Crippen MR) is 87.4 cm³/mol. The molecule has 3 rings (SSSR count). The molecule has 4 nitrogen and oxygen atoms in total. The molecule has 0 bridgehead atoms. The Kier molecular flexibility index (Phi) is 3.87. The van der Waals surface area contributed by atoms with Crippen molar-refractivity contribution in [1.29, 1.82) is 0 Å². The van der Waals surface area contributed by atoms with E-state index in [4.69, 9.17) is 16.3 Å². The van der Waals surface area contributed by atoms with Gasteiger partial charge in [-0.2, -0.15) is 5.10 Å². The van der Waals surface area contributed by atoms with E-state index in [1.807, 2.05) is 38.2 Å². The molecule has 0 unspecified atom stereocenters. The summed E-state index contributed by atoms with van der Waals surface area (Å²) in [6.07, 6.45) is 1.73. The van der Waals surface area contributed by atoms with E-state index in [1.54, 1.807) is 10.9 Å². The maximum absolute atomic E-state index is 6.21. The van der Waals surface area contributed by atoms with Gasteiger partial charge in [-0.15, -0.1) is 0 Å². The number of fused-ring (bicyclic) bond motifs is 1. The van der Waals surface area contributed by atoms with Crippen LogP contribution in [0.4, 0.5) is 0 Å². The van der Waals surface area contributed by atoms with Crippen molar-refractivity contribution < 1.29 is 4.74 Å². The van der Waals surface area contributed by atoms with Crippen LogP contribution in [0.25, 0.3) is 10.9 Å². The Labute approximate surface area is 135 Å². The number of aromatic nitrogens is 3. The highest BCUT2D eigenvalue weighted by atomic mass is 79.9. The standard InChI is InChI=1S/C15H13BrClN3O/c1-9-11(8-16)15(20(2)19-9)21-13-6-5-12(17)10-4-3-7-18-14(10)13/h3-7H,8H2,1-2H3. The number of ether oxygens (including phenoxy) is 1. The summed E-state index contributed by atoms with van der Waals surface area (Å²) in [6, 6.07) is 7.43. The number of pyridine rings is 1. The van der Waals surface area contributed by atoms with E-state index in [9.17, 15) is 0 Å². The highest BCUT2D eigenvalue weighted by Gasteiger charge is 2.16. The van der Waals surface area contributed by atoms with Crippen LogP contribution in [0.5, 0.6) is 11.6 Å². The van der Waals surface area contributed by atoms with Gasteiger partial charge in [0.05, 0.1) is 10.7 Å². The first-order valence-electron chi connectivity index (χ1n) is 6.41. The Morgan fingerprint density at radius 1 is 1.33 bits per heavy atom. The summed E-state index contributed by atoms with van der Waals surface area (Å²) in [4.78, 5) is 4.38. The molecule has 0 saturated carbocycles. The fourth-order valence-corrected chi connectivity index (χ4v) is 3.12. The summed E-state index contributed by atoms with van der Waals surface area (Å²) in [5, 5.41) is 6.60. The first-order chi connectivity index (χ1) is 10.1. The van der Waals surface area contributed by atoms with Crippen LogP contribution in [-0.2, 0) is 12.4 Å². The van der Waals surface area contributed by atoms with Crippen LogP contribution in [0.15, 0.2) is 30.5 Å². The van der Waals surface area contributed by atoms with E-state index in [0.29, 0.717) is 22.0 Å². The third-order valence-corrected chi connectivity index (χ3v) is 4.20. The van der Waals surface area contributed by atoms with Gasteiger partial charge in [-0.25, -0.2) is 4.68 Å². The molecule has 3 aromatic rings. The Hall–Kier alpha value is -1.59. The summed E-state index contributed by atoms with van der Waals surface area (Å²) in [5.74, 6) is 1.37. The number of hydrogen-bond acceptors (Lipinski definition) is 3. The average molecular weight is 367 g/mol. The minimum atomic E-state index is 0.660. The molecule has 6 heteroatoms. The molecule has 108 valence electrons. The number of aryl methyl sites for hydroxylation is 2. The summed E-state index contributed by atoms with van der Waals surface area (Å²) in [5.41, 5.74) is 2.71. The summed E-state index contributed by atoms with van der Waals surface area (Å²) in [7, 11) is 1.86. The third kappa shape index (κ3) is 2.51. The van der Waals surface area contributed by atoms with Crippen molar-refractivity contribution in [3.05, 3.63) is 46.7 Å². The topological polar surface area (TPSA) is 39.9 Å². The van der Waals surface area contributed by atoms with Crippen LogP contribution >= 0.6 is 27.5 Å². The number of rotatable bonds is 3. The third-order valence-electron chi connectivity index (χ3n) is 3.31. The first kappa shape index (κ1) is 14.4. The molecule has 0 spiro atoms. The van der Waals surface area contributed by atoms with Gasteiger partial charge in [-0.3, -0.25) is 4.98 Å². The molecule has 0 saturated heterocycles. The molecule has 0 amide bonds. The fourth-order valence-electron chi connectivity index (χ4n) is 2.26. The molecular weight excluding hydrogens is 354 g/mol. The number of halogens is 2. The van der Waals surface area contributed by atoms with Crippen molar-refractivity contribution in [2.75, 3.05) is 0 Å². The highest BCUT2D eigenvalue weighted by Crippen LogP contribution is 2.35. The summed E-state index contributed by atoms with van der Waals surface area (Å²) >= 11 is 9.68. The SMILES string of the molecule is Cc1nn(C)c(Oc2ccc(Cl)c3cccnc23)c1CBr. The van der Waals surface area contributed by atoms with E-state index < -0.39 is 0 Å². The number of nitrogens with zero attached hydrogens (tertiary/aromatic N) is 3. The lowest BCUT2D eigenvalue weighted by molar-refractivity contribution is 0.431. The maximum Gasteiger partial charge on any atom is 0.222 e. The second-order valence-electron chi connectivity index (χ2n) is 4.67. The van der Waals surface area contributed by atoms with E-state index in [1.165, 1.54) is 0 Å². The lowest BCUT2D eigenvalue weighted by Gasteiger charge is -2.10. The summed E-state index contributed by atoms with van der Waals surface area (Å²) in [6.45, 7) is 1.96. The highest BCUT2D eigenvalue weighted by molar-refractivity contribution is 9.08. The van der Waals surface area contributed by atoms with Gasteiger partial charge < -0.3 is 4.74 Å². The molecule has 0 N–H and O–H groups in total. The molecule has 1 aromatic carbocycles. The lowest BCUT2D eigenvalue weighted by atomic mass is 10.2. The Bertz CT molecular complexity index is 816. The number of alkyl halides is 1. The maximum atomic E-state index is 6.21. The molecule has 21 heavy (non-hydrogen) atoms. The lowest BCUT2D eigenvalue weighted by Crippen LogP contribution is -1.97. The van der Waals surface area contributed by atoms with Crippen LogP contribution in [0, 0.1) is 6.92 Å². The predicted octanol–water partition coefficient (Wildman–Crippen LogP) is 4.62. The number of hydrogen-bond donors (Lipinski definition) is 0. The van der Waals surface area contributed by atoms with Gasteiger partial charge in [-0.1, -0.05) is 27.5 Å². The van der Waals surface area contributed by atoms with Crippen molar-refractivity contribution in [3.8, 4) is 11.6 Å². The molecule has 0 atom stereocenters. The molecule has 0 aliphatic rings. The normalized spacial score (nSPS) is 11.0. The minimum Gasteiger partial charge on any atom is -0.437 e. The van der Waals surface area contributed by atoms with E-state index in [0.717, 1.165) is 22.2 Å². The first-order valence-corrected chi connectivity index (χ1v) is 7.91. The van der Waals surface area contributed by atoms with Crippen LogP contribution < -0.4 is 4.74 Å². The second-order valence-corrected chi connectivity index (χ2v) is 5.64. The summed E-state index contributed by atoms with van der Waals surface area (Å²) < 4.78 is 7.80. The fraction of sp³-hybridized carbons (Fsp3) is 0.200. The van der Waals surface area contributed by atoms with Crippen molar-refractivity contribution in [1.82, 2.24) is 14.8 Å². The number of benzene rings is 1. The van der Waals surface area contributed by atoms with Gasteiger partial charge in [0, 0.05) is 29.5 Å². The smallest absolute Gasteiger partial charge is 0.222 e. The molecule has 2 aromatic heterocycles. The zero-order chi connectivity index (χ0) is 15.0. The van der Waals surface area contributed by atoms with Crippen molar-refractivity contribution in [2.24, 2.45) is 7.05 Å². The molecule has 2 heterocycles. The molecule has 0 fully saturated rings. The minimum absolute atomic E-state index is 0.660. The van der Waals surface area contributed by atoms with Crippen molar-refractivity contribution in [3.63, 3.8) is 0 Å². The van der Waals surface area contributed by atoms with Crippen LogP contribution in [0.1, 0.15) is 11.3 Å². The average Bonchev–Trinajstić information content (AvgIpc) is 2.76. The van der Waals surface area contributed by atoms with Crippen LogP contribution in [0.2, 0.25) is 5.02 Å². The second kappa shape index (κ2) is 5.66. The Morgan fingerprint density at radius 2 is 2.14 bits per heavy atom. The van der Waals surface area contributed by atoms with Crippen LogP contribution in [0.3, 0.4) is 0 Å². The Morgan fingerprint density at radius 3 is 2.90 bits per heavy atom. The van der Waals surface area contributed by atoms with Gasteiger partial charge in [0.2, 0.25) is 5.88 Å². The zero-order valence-corrected chi connectivity index (χ0v) is 13.9. The van der Waals surface area contributed by atoms with Gasteiger partial charge in [0.25, 0.3) is 0 Å². The van der Waals surface area contributed by atoms with Gasteiger partial charge in [0.15, 0.2) is 5.75 Å². The Balaban J connectivity index is 2.13. The van der Waals surface area contributed by atoms with Crippen molar-refractivity contribution in [2.45, 2.75) is 12.3 Å². The van der Waals surface area contributed by atoms with Gasteiger partial charge in [0.1, 0.15) is 5.52 Å². The quantitative estimate of drug-likeness (QED) is 0.635. The molecular formula is C15H13BrClN3O. The van der Waals surface area contributed by atoms with E-state index in [2.05, 4.69) is 26.0 Å².